The second kappa shape index (κ2) is 11.5. The summed E-state index contributed by atoms with van der Waals surface area (Å²) in [4.78, 5) is 24.1. The number of hydrogen-bond donors (Lipinski definition) is 1. The summed E-state index contributed by atoms with van der Waals surface area (Å²) in [6.45, 7) is 4.17. The number of nitrogens with zero attached hydrogens (tertiary/aromatic N) is 1. The van der Waals surface area contributed by atoms with Crippen molar-refractivity contribution in [3.05, 3.63) is 95.6 Å². The molecule has 0 aliphatic rings. The second-order valence-electron chi connectivity index (χ2n) is 7.29. The lowest BCUT2D eigenvalue weighted by atomic mass is 9.99. The van der Waals surface area contributed by atoms with E-state index >= 15 is 0 Å². The van der Waals surface area contributed by atoms with E-state index in [1.54, 1.807) is 48.5 Å². The highest BCUT2D eigenvalue weighted by atomic mass is 16.5. The molecule has 0 aromatic heterocycles. The van der Waals surface area contributed by atoms with E-state index in [-0.39, 0.29) is 12.5 Å². The summed E-state index contributed by atoms with van der Waals surface area (Å²) >= 11 is 0. The number of hydrogen-bond acceptors (Lipinski definition) is 5. The summed E-state index contributed by atoms with van der Waals surface area (Å²) < 4.78 is 10.9. The number of rotatable bonds is 9. The lowest BCUT2D eigenvalue weighted by Gasteiger charge is -2.10. The number of amides is 1. The summed E-state index contributed by atoms with van der Waals surface area (Å²) in [7, 11) is 0. The summed E-state index contributed by atoms with van der Waals surface area (Å²) in [5.74, 6) is 0.686. The molecule has 0 aliphatic heterocycles. The molecule has 0 saturated heterocycles. The summed E-state index contributed by atoms with van der Waals surface area (Å²) in [5, 5.41) is 3.94. The molecule has 6 nitrogen and oxygen atoms in total. The van der Waals surface area contributed by atoms with E-state index in [1.165, 1.54) is 11.8 Å². The molecule has 0 bridgehead atoms. The van der Waals surface area contributed by atoms with Crippen molar-refractivity contribution in [3.63, 3.8) is 0 Å². The van der Waals surface area contributed by atoms with E-state index in [2.05, 4.69) is 24.4 Å². The van der Waals surface area contributed by atoms with Gasteiger partial charge >= 0.3 is 5.97 Å². The van der Waals surface area contributed by atoms with Crippen LogP contribution < -0.4 is 14.9 Å². The van der Waals surface area contributed by atoms with Crippen LogP contribution in [0.25, 0.3) is 0 Å². The van der Waals surface area contributed by atoms with Gasteiger partial charge < -0.3 is 9.47 Å². The molecule has 0 aliphatic carbocycles. The van der Waals surface area contributed by atoms with Gasteiger partial charge in [0.15, 0.2) is 6.61 Å². The molecule has 0 spiro atoms. The van der Waals surface area contributed by atoms with Crippen molar-refractivity contribution in [2.45, 2.75) is 26.2 Å². The zero-order valence-corrected chi connectivity index (χ0v) is 18.2. The first-order chi connectivity index (χ1) is 15.5. The first kappa shape index (κ1) is 22.7. The minimum Gasteiger partial charge on any atom is -0.484 e. The molecule has 32 heavy (non-hydrogen) atoms. The van der Waals surface area contributed by atoms with Crippen LogP contribution in [-0.4, -0.2) is 24.7 Å². The molecule has 1 atom stereocenters. The SMILES string of the molecule is CCC(C)c1ccc(OCC(=O)N/N=C/c2cccc(OC(=O)c3ccccc3)c2)cc1. The van der Waals surface area contributed by atoms with Crippen molar-refractivity contribution in [1.82, 2.24) is 5.43 Å². The van der Waals surface area contributed by atoms with Crippen molar-refractivity contribution in [3.8, 4) is 11.5 Å². The Hall–Kier alpha value is -3.93. The van der Waals surface area contributed by atoms with Crippen molar-refractivity contribution < 1.29 is 19.1 Å². The van der Waals surface area contributed by atoms with Crippen LogP contribution in [-0.2, 0) is 4.79 Å². The molecular formula is C26H26N2O4. The lowest BCUT2D eigenvalue weighted by molar-refractivity contribution is -0.123. The Morgan fingerprint density at radius 2 is 1.72 bits per heavy atom. The molecule has 6 heteroatoms. The normalized spacial score (nSPS) is 11.7. The minimum atomic E-state index is -0.442. The van der Waals surface area contributed by atoms with Gasteiger partial charge in [-0.2, -0.15) is 5.10 Å². The van der Waals surface area contributed by atoms with E-state index in [4.69, 9.17) is 9.47 Å². The van der Waals surface area contributed by atoms with Gasteiger partial charge in [-0.3, -0.25) is 4.79 Å². The van der Waals surface area contributed by atoms with Gasteiger partial charge in [-0.15, -0.1) is 0 Å². The van der Waals surface area contributed by atoms with E-state index < -0.39 is 5.97 Å². The van der Waals surface area contributed by atoms with E-state index in [0.717, 1.165) is 6.42 Å². The number of nitrogens with one attached hydrogen (secondary N) is 1. The summed E-state index contributed by atoms with van der Waals surface area (Å²) in [5.41, 5.74) is 4.80. The summed E-state index contributed by atoms with van der Waals surface area (Å²) in [6, 6.07) is 23.3. The van der Waals surface area contributed by atoms with Crippen LogP contribution in [0.2, 0.25) is 0 Å². The van der Waals surface area contributed by atoms with Crippen LogP contribution in [0.3, 0.4) is 0 Å². The number of carbonyl (C=O) groups is 2. The zero-order valence-electron chi connectivity index (χ0n) is 18.2. The van der Waals surface area contributed by atoms with Crippen LogP contribution in [0.5, 0.6) is 11.5 Å². The third kappa shape index (κ3) is 6.80. The van der Waals surface area contributed by atoms with Crippen LogP contribution in [0.15, 0.2) is 84.0 Å². The van der Waals surface area contributed by atoms with E-state index in [0.29, 0.717) is 28.5 Å². The molecule has 0 fully saturated rings. The van der Waals surface area contributed by atoms with Crippen molar-refractivity contribution in [2.75, 3.05) is 6.61 Å². The van der Waals surface area contributed by atoms with Gasteiger partial charge in [0.1, 0.15) is 11.5 Å². The molecular weight excluding hydrogens is 404 g/mol. The minimum absolute atomic E-state index is 0.144. The van der Waals surface area contributed by atoms with Crippen LogP contribution >= 0.6 is 0 Å². The van der Waals surface area contributed by atoms with Crippen molar-refractivity contribution >= 4 is 18.1 Å². The van der Waals surface area contributed by atoms with Crippen LogP contribution in [0.4, 0.5) is 0 Å². The Morgan fingerprint density at radius 1 is 0.969 bits per heavy atom. The molecule has 1 amide bonds. The molecule has 0 radical (unpaired) electrons. The maximum Gasteiger partial charge on any atom is 0.343 e. The molecule has 3 rings (SSSR count). The highest BCUT2D eigenvalue weighted by Crippen LogP contribution is 2.21. The fraction of sp³-hybridized carbons (Fsp3) is 0.192. The fourth-order valence-electron chi connectivity index (χ4n) is 2.89. The Kier molecular flexibility index (Phi) is 8.15. The number of esters is 1. The third-order valence-corrected chi connectivity index (χ3v) is 4.91. The maximum absolute atomic E-state index is 12.2. The number of benzene rings is 3. The molecule has 1 N–H and O–H groups in total. The monoisotopic (exact) mass is 430 g/mol. The van der Waals surface area contributed by atoms with Gasteiger partial charge in [0.05, 0.1) is 11.8 Å². The standard InChI is InChI=1S/C26H26N2O4/c1-3-19(2)21-12-14-23(15-13-21)31-18-25(29)28-27-17-20-8-7-11-24(16-20)32-26(30)22-9-5-4-6-10-22/h4-17,19H,3,18H2,1-2H3,(H,28,29)/b27-17+. The van der Waals surface area contributed by atoms with Gasteiger partial charge in [-0.1, -0.05) is 56.3 Å². The number of hydrazone groups is 1. The van der Waals surface area contributed by atoms with Gasteiger partial charge in [-0.25, -0.2) is 10.2 Å². The predicted octanol–water partition coefficient (Wildman–Crippen LogP) is 4.95. The largest absolute Gasteiger partial charge is 0.484 e. The third-order valence-electron chi connectivity index (χ3n) is 4.91. The van der Waals surface area contributed by atoms with Gasteiger partial charge in [-0.05, 0) is 59.9 Å². The van der Waals surface area contributed by atoms with Gasteiger partial charge in [0.2, 0.25) is 0 Å². The van der Waals surface area contributed by atoms with Gasteiger partial charge in [0, 0.05) is 0 Å². The molecule has 164 valence electrons. The molecule has 3 aromatic rings. The highest BCUT2D eigenvalue weighted by molar-refractivity contribution is 5.91. The molecule has 3 aromatic carbocycles. The second-order valence-corrected chi connectivity index (χ2v) is 7.29. The molecule has 1 unspecified atom stereocenters. The molecule has 0 heterocycles. The van der Waals surface area contributed by atoms with E-state index in [1.807, 2.05) is 30.3 Å². The van der Waals surface area contributed by atoms with E-state index in [9.17, 15) is 9.59 Å². The average molecular weight is 431 g/mol. The van der Waals surface area contributed by atoms with Gasteiger partial charge in [0.25, 0.3) is 5.91 Å². The quantitative estimate of drug-likeness (QED) is 0.226. The van der Waals surface area contributed by atoms with Crippen LogP contribution in [0.1, 0.15) is 47.7 Å². The highest BCUT2D eigenvalue weighted by Gasteiger charge is 2.08. The van der Waals surface area contributed by atoms with Crippen molar-refractivity contribution in [1.29, 1.82) is 0 Å². The lowest BCUT2D eigenvalue weighted by Crippen LogP contribution is -2.24. The topological polar surface area (TPSA) is 77.0 Å². The maximum atomic E-state index is 12.2. The fourth-order valence-corrected chi connectivity index (χ4v) is 2.89. The van der Waals surface area contributed by atoms with Crippen LogP contribution in [0, 0.1) is 0 Å². The number of carbonyl (C=O) groups excluding carboxylic acids is 2. The smallest absolute Gasteiger partial charge is 0.343 e. The Morgan fingerprint density at radius 3 is 2.44 bits per heavy atom. The Bertz CT molecular complexity index is 1060. The first-order valence-corrected chi connectivity index (χ1v) is 10.5. The Labute approximate surface area is 187 Å². The predicted molar refractivity (Wildman–Crippen MR) is 124 cm³/mol. The zero-order chi connectivity index (χ0) is 22.8. The molecule has 0 saturated carbocycles. The summed E-state index contributed by atoms with van der Waals surface area (Å²) in [6.07, 6.45) is 2.54. The van der Waals surface area contributed by atoms with Crippen molar-refractivity contribution in [2.24, 2.45) is 5.10 Å². The first-order valence-electron chi connectivity index (χ1n) is 10.5. The Balaban J connectivity index is 1.47. The number of ether oxygens (including phenoxy) is 2. The average Bonchev–Trinajstić information content (AvgIpc) is 2.83.